The summed E-state index contributed by atoms with van der Waals surface area (Å²) in [4.78, 5) is 0. The van der Waals surface area contributed by atoms with Crippen LogP contribution in [0.15, 0.2) is 24.3 Å². The van der Waals surface area contributed by atoms with E-state index in [2.05, 4.69) is 5.32 Å². The van der Waals surface area contributed by atoms with E-state index in [0.29, 0.717) is 11.6 Å². The van der Waals surface area contributed by atoms with Crippen molar-refractivity contribution in [1.82, 2.24) is 5.32 Å². The highest BCUT2D eigenvalue weighted by molar-refractivity contribution is 5.32. The minimum Gasteiger partial charge on any atom is -0.307 e. The smallest absolute Gasteiger partial charge is 0.307 e. The average molecular weight is 229 g/mol. The lowest BCUT2D eigenvalue weighted by molar-refractivity contribution is -0.138. The molecule has 1 aliphatic carbocycles. The Balaban J connectivity index is 2.24. The molecule has 0 spiro atoms. The first-order valence-electron chi connectivity index (χ1n) is 5.40. The molecule has 1 nitrogen and oxygen atoms in total. The quantitative estimate of drug-likeness (QED) is 0.836. The molecule has 0 heterocycles. The Morgan fingerprint density at radius 3 is 2.44 bits per heavy atom. The molecule has 1 saturated carbocycles. The predicted octanol–water partition coefficient (Wildman–Crippen LogP) is 3.52. The first-order valence-corrected chi connectivity index (χ1v) is 5.40. The molecule has 1 aliphatic rings. The molecule has 0 aromatic heterocycles. The minimum atomic E-state index is -4.27. The van der Waals surface area contributed by atoms with Crippen LogP contribution in [0.25, 0.3) is 0 Å². The van der Waals surface area contributed by atoms with Gasteiger partial charge in [0.2, 0.25) is 0 Å². The summed E-state index contributed by atoms with van der Waals surface area (Å²) >= 11 is 0. The molecule has 0 radical (unpaired) electrons. The zero-order chi connectivity index (χ0) is 11.8. The van der Waals surface area contributed by atoms with E-state index in [1.807, 2.05) is 0 Å². The SMILES string of the molecule is CC(NC1CC1)c1ccccc1C(F)(F)F. The van der Waals surface area contributed by atoms with Crippen LogP contribution in [0.3, 0.4) is 0 Å². The molecular formula is C12H14F3N. The third kappa shape index (κ3) is 2.55. The van der Waals surface area contributed by atoms with Gasteiger partial charge in [-0.15, -0.1) is 0 Å². The molecule has 4 heteroatoms. The number of alkyl halides is 3. The number of benzene rings is 1. The zero-order valence-electron chi connectivity index (χ0n) is 9.01. The second kappa shape index (κ2) is 4.09. The fourth-order valence-electron chi connectivity index (χ4n) is 1.83. The molecule has 1 atom stereocenters. The normalized spacial score (nSPS) is 18.5. The first-order chi connectivity index (χ1) is 7.48. The van der Waals surface area contributed by atoms with Gasteiger partial charge in [0.05, 0.1) is 5.56 Å². The van der Waals surface area contributed by atoms with Crippen molar-refractivity contribution in [2.24, 2.45) is 0 Å². The predicted molar refractivity (Wildman–Crippen MR) is 56.0 cm³/mol. The highest BCUT2D eigenvalue weighted by atomic mass is 19.4. The van der Waals surface area contributed by atoms with Crippen molar-refractivity contribution in [3.8, 4) is 0 Å². The van der Waals surface area contributed by atoms with Gasteiger partial charge in [-0.3, -0.25) is 0 Å². The van der Waals surface area contributed by atoms with Gasteiger partial charge in [-0.05, 0) is 31.4 Å². The topological polar surface area (TPSA) is 12.0 Å². The first kappa shape index (κ1) is 11.5. The Morgan fingerprint density at radius 1 is 1.25 bits per heavy atom. The molecule has 0 amide bonds. The second-order valence-electron chi connectivity index (χ2n) is 4.25. The number of hydrogen-bond donors (Lipinski definition) is 1. The van der Waals surface area contributed by atoms with E-state index in [9.17, 15) is 13.2 Å². The molecule has 16 heavy (non-hydrogen) atoms. The standard InChI is InChI=1S/C12H14F3N/c1-8(16-9-6-7-9)10-4-2-3-5-11(10)12(13,14)15/h2-5,8-9,16H,6-7H2,1H3. The Hall–Kier alpha value is -1.03. The lowest BCUT2D eigenvalue weighted by Crippen LogP contribution is -2.23. The summed E-state index contributed by atoms with van der Waals surface area (Å²) in [7, 11) is 0. The maximum Gasteiger partial charge on any atom is 0.416 e. The van der Waals surface area contributed by atoms with Gasteiger partial charge in [-0.2, -0.15) is 13.2 Å². The van der Waals surface area contributed by atoms with E-state index in [1.54, 1.807) is 19.1 Å². The van der Waals surface area contributed by atoms with Crippen LogP contribution < -0.4 is 5.32 Å². The average Bonchev–Trinajstić information content (AvgIpc) is 3.00. The summed E-state index contributed by atoms with van der Waals surface area (Å²) in [5.41, 5.74) is -0.197. The van der Waals surface area contributed by atoms with Crippen molar-refractivity contribution in [1.29, 1.82) is 0 Å². The molecule has 0 saturated heterocycles. The fourth-order valence-corrected chi connectivity index (χ4v) is 1.83. The molecule has 1 aromatic carbocycles. The van der Waals surface area contributed by atoms with E-state index in [0.717, 1.165) is 18.9 Å². The number of hydrogen-bond acceptors (Lipinski definition) is 1. The van der Waals surface area contributed by atoms with Crippen molar-refractivity contribution in [2.45, 2.75) is 38.0 Å². The maximum absolute atomic E-state index is 12.7. The Morgan fingerprint density at radius 2 is 1.88 bits per heavy atom. The van der Waals surface area contributed by atoms with Gasteiger partial charge in [-0.25, -0.2) is 0 Å². The van der Waals surface area contributed by atoms with Crippen molar-refractivity contribution < 1.29 is 13.2 Å². The highest BCUT2D eigenvalue weighted by Crippen LogP contribution is 2.35. The van der Waals surface area contributed by atoms with Gasteiger partial charge in [0.1, 0.15) is 0 Å². The van der Waals surface area contributed by atoms with Crippen LogP contribution in [-0.2, 0) is 6.18 Å². The van der Waals surface area contributed by atoms with Gasteiger partial charge in [-0.1, -0.05) is 18.2 Å². The van der Waals surface area contributed by atoms with E-state index >= 15 is 0 Å². The van der Waals surface area contributed by atoms with Gasteiger partial charge in [0, 0.05) is 12.1 Å². The molecule has 1 fully saturated rings. The highest BCUT2D eigenvalue weighted by Gasteiger charge is 2.35. The summed E-state index contributed by atoms with van der Waals surface area (Å²) in [5, 5.41) is 3.18. The van der Waals surface area contributed by atoms with Crippen LogP contribution >= 0.6 is 0 Å². The van der Waals surface area contributed by atoms with Crippen LogP contribution in [0.2, 0.25) is 0 Å². The van der Waals surface area contributed by atoms with Crippen LogP contribution in [-0.4, -0.2) is 6.04 Å². The van der Waals surface area contributed by atoms with Crippen molar-refractivity contribution >= 4 is 0 Å². The Labute approximate surface area is 92.7 Å². The molecule has 0 aliphatic heterocycles. The zero-order valence-corrected chi connectivity index (χ0v) is 9.01. The van der Waals surface area contributed by atoms with E-state index in [1.165, 1.54) is 6.07 Å². The third-order valence-electron chi connectivity index (χ3n) is 2.80. The van der Waals surface area contributed by atoms with E-state index in [-0.39, 0.29) is 6.04 Å². The van der Waals surface area contributed by atoms with Gasteiger partial charge in [0.15, 0.2) is 0 Å². The minimum absolute atomic E-state index is 0.245. The maximum atomic E-state index is 12.7. The van der Waals surface area contributed by atoms with Crippen LogP contribution in [0.4, 0.5) is 13.2 Å². The monoisotopic (exact) mass is 229 g/mol. The molecule has 88 valence electrons. The number of halogens is 3. The van der Waals surface area contributed by atoms with Gasteiger partial charge >= 0.3 is 6.18 Å². The largest absolute Gasteiger partial charge is 0.416 e. The molecule has 1 aromatic rings. The van der Waals surface area contributed by atoms with Crippen molar-refractivity contribution in [3.63, 3.8) is 0 Å². The van der Waals surface area contributed by atoms with Crippen LogP contribution in [0.5, 0.6) is 0 Å². The lowest BCUT2D eigenvalue weighted by Gasteiger charge is -2.19. The summed E-state index contributed by atoms with van der Waals surface area (Å²) in [6, 6.07) is 5.91. The van der Waals surface area contributed by atoms with Crippen molar-refractivity contribution in [2.75, 3.05) is 0 Å². The summed E-state index contributed by atoms with van der Waals surface area (Å²) in [6.07, 6.45) is -2.13. The number of nitrogens with one attached hydrogen (secondary N) is 1. The van der Waals surface area contributed by atoms with Crippen molar-refractivity contribution in [3.05, 3.63) is 35.4 Å². The molecule has 2 rings (SSSR count). The summed E-state index contributed by atoms with van der Waals surface area (Å²) < 4.78 is 38.2. The van der Waals surface area contributed by atoms with Gasteiger partial charge < -0.3 is 5.32 Å². The summed E-state index contributed by atoms with van der Waals surface area (Å²) in [5.74, 6) is 0. The molecular weight excluding hydrogens is 215 g/mol. The molecule has 1 N–H and O–H groups in total. The van der Waals surface area contributed by atoms with Crippen LogP contribution in [0.1, 0.15) is 36.9 Å². The Kier molecular flexibility index (Phi) is 2.93. The number of rotatable bonds is 3. The lowest BCUT2D eigenvalue weighted by atomic mass is 10.0. The van der Waals surface area contributed by atoms with Crippen LogP contribution in [0, 0.1) is 0 Å². The van der Waals surface area contributed by atoms with E-state index in [4.69, 9.17) is 0 Å². The third-order valence-corrected chi connectivity index (χ3v) is 2.80. The van der Waals surface area contributed by atoms with E-state index < -0.39 is 11.7 Å². The summed E-state index contributed by atoms with van der Waals surface area (Å²) in [6.45, 7) is 1.78. The molecule has 1 unspecified atom stereocenters. The molecule has 0 bridgehead atoms. The fraction of sp³-hybridized carbons (Fsp3) is 0.500. The Bertz CT molecular complexity index is 369. The van der Waals surface area contributed by atoms with Gasteiger partial charge in [0.25, 0.3) is 0 Å². The second-order valence-corrected chi connectivity index (χ2v) is 4.25.